The van der Waals surface area contributed by atoms with Crippen molar-refractivity contribution in [2.75, 3.05) is 19.0 Å². The lowest BCUT2D eigenvalue weighted by molar-refractivity contribution is 0.340. The molecule has 1 aromatic heterocycles. The number of ether oxygens (including phenoxy) is 2. The van der Waals surface area contributed by atoms with Crippen LogP contribution in [0.2, 0.25) is 0 Å². The van der Waals surface area contributed by atoms with E-state index in [1.54, 1.807) is 13.3 Å². The first-order chi connectivity index (χ1) is 9.31. The number of anilines is 1. The zero-order valence-electron chi connectivity index (χ0n) is 11.2. The van der Waals surface area contributed by atoms with Crippen molar-refractivity contribution in [3.05, 3.63) is 48.2 Å². The molecule has 0 saturated heterocycles. The minimum absolute atomic E-state index is 0.629. The highest BCUT2D eigenvalue weighted by molar-refractivity contribution is 5.46. The zero-order chi connectivity index (χ0) is 13.5. The summed E-state index contributed by atoms with van der Waals surface area (Å²) in [5.41, 5.74) is 2.16. The number of nitrogens with zero attached hydrogens (tertiary/aromatic N) is 1. The molecule has 0 bridgehead atoms. The van der Waals surface area contributed by atoms with Gasteiger partial charge in [0.05, 0.1) is 13.7 Å². The molecule has 0 aliphatic rings. The highest BCUT2D eigenvalue weighted by Gasteiger charge is 1.97. The molecule has 2 rings (SSSR count). The van der Waals surface area contributed by atoms with Crippen LogP contribution in [0.3, 0.4) is 0 Å². The highest BCUT2D eigenvalue weighted by Crippen LogP contribution is 2.16. The van der Waals surface area contributed by atoms with Gasteiger partial charge in [-0.25, -0.2) is 4.98 Å². The topological polar surface area (TPSA) is 43.4 Å². The zero-order valence-corrected chi connectivity index (χ0v) is 11.2. The first-order valence-electron chi connectivity index (χ1n) is 6.27. The summed E-state index contributed by atoms with van der Waals surface area (Å²) in [5.74, 6) is 1.52. The molecular weight excluding hydrogens is 240 g/mol. The van der Waals surface area contributed by atoms with Crippen LogP contribution in [-0.2, 0) is 6.54 Å². The van der Waals surface area contributed by atoms with Gasteiger partial charge in [-0.2, -0.15) is 0 Å². The molecule has 0 saturated carbocycles. The minimum atomic E-state index is 0.629. The second-order valence-electron chi connectivity index (χ2n) is 4.02. The summed E-state index contributed by atoms with van der Waals surface area (Å²) in [6.45, 7) is 3.39. The fourth-order valence-corrected chi connectivity index (χ4v) is 1.68. The molecule has 1 heterocycles. The van der Waals surface area contributed by atoms with E-state index in [0.717, 1.165) is 23.5 Å². The van der Waals surface area contributed by atoms with Crippen LogP contribution >= 0.6 is 0 Å². The molecule has 1 N–H and O–H groups in total. The van der Waals surface area contributed by atoms with Crippen molar-refractivity contribution in [3.8, 4) is 11.6 Å². The lowest BCUT2D eigenvalue weighted by Gasteiger charge is -2.08. The van der Waals surface area contributed by atoms with Gasteiger partial charge in [0, 0.05) is 24.5 Å². The fourth-order valence-electron chi connectivity index (χ4n) is 1.68. The summed E-state index contributed by atoms with van der Waals surface area (Å²) >= 11 is 0. The smallest absolute Gasteiger partial charge is 0.212 e. The van der Waals surface area contributed by atoms with Gasteiger partial charge in [0.1, 0.15) is 5.75 Å². The largest absolute Gasteiger partial charge is 0.494 e. The summed E-state index contributed by atoms with van der Waals surface area (Å²) < 4.78 is 10.4. The first kappa shape index (κ1) is 13.2. The molecule has 0 unspecified atom stereocenters. The second-order valence-corrected chi connectivity index (χ2v) is 4.02. The van der Waals surface area contributed by atoms with E-state index in [2.05, 4.69) is 10.3 Å². The van der Waals surface area contributed by atoms with Crippen LogP contribution in [0.25, 0.3) is 0 Å². The van der Waals surface area contributed by atoms with Gasteiger partial charge in [0.25, 0.3) is 0 Å². The molecule has 2 aromatic rings. The molecule has 1 aromatic carbocycles. The molecule has 0 spiro atoms. The van der Waals surface area contributed by atoms with Crippen LogP contribution in [0.5, 0.6) is 11.6 Å². The number of rotatable bonds is 6. The quantitative estimate of drug-likeness (QED) is 0.864. The number of pyridine rings is 1. The number of nitrogens with one attached hydrogen (secondary N) is 1. The van der Waals surface area contributed by atoms with Crippen molar-refractivity contribution in [3.63, 3.8) is 0 Å². The fraction of sp³-hybridized carbons (Fsp3) is 0.267. The molecule has 19 heavy (non-hydrogen) atoms. The molecule has 0 fully saturated rings. The summed E-state index contributed by atoms with van der Waals surface area (Å²) in [6, 6.07) is 11.8. The van der Waals surface area contributed by atoms with Crippen LogP contribution in [0.1, 0.15) is 12.5 Å². The normalized spacial score (nSPS) is 10.0. The molecular formula is C15H18N2O2. The van der Waals surface area contributed by atoms with Gasteiger partial charge < -0.3 is 14.8 Å². The van der Waals surface area contributed by atoms with Gasteiger partial charge in [-0.3, -0.25) is 0 Å². The summed E-state index contributed by atoms with van der Waals surface area (Å²) in [7, 11) is 1.61. The van der Waals surface area contributed by atoms with Gasteiger partial charge in [-0.1, -0.05) is 6.07 Å². The monoisotopic (exact) mass is 258 g/mol. The predicted molar refractivity (Wildman–Crippen MR) is 75.7 cm³/mol. The van der Waals surface area contributed by atoms with Crippen molar-refractivity contribution >= 4 is 5.69 Å². The van der Waals surface area contributed by atoms with E-state index in [1.807, 2.05) is 43.3 Å². The van der Waals surface area contributed by atoms with E-state index in [9.17, 15) is 0 Å². The number of hydrogen-bond donors (Lipinski definition) is 1. The van der Waals surface area contributed by atoms with E-state index >= 15 is 0 Å². The Morgan fingerprint density at radius 3 is 2.47 bits per heavy atom. The van der Waals surface area contributed by atoms with E-state index in [-0.39, 0.29) is 0 Å². The first-order valence-corrected chi connectivity index (χ1v) is 6.27. The SMILES string of the molecule is CCOc1ccc(NCc2ccc(OC)nc2)cc1. The number of hydrogen-bond acceptors (Lipinski definition) is 4. The van der Waals surface area contributed by atoms with Crippen LogP contribution in [0.4, 0.5) is 5.69 Å². The number of aromatic nitrogens is 1. The van der Waals surface area contributed by atoms with Crippen LogP contribution in [-0.4, -0.2) is 18.7 Å². The van der Waals surface area contributed by atoms with Gasteiger partial charge in [0.2, 0.25) is 5.88 Å². The third-order valence-corrected chi connectivity index (χ3v) is 2.67. The molecule has 0 amide bonds. The average molecular weight is 258 g/mol. The molecule has 0 aliphatic heterocycles. The Hall–Kier alpha value is -2.23. The van der Waals surface area contributed by atoms with Gasteiger partial charge >= 0.3 is 0 Å². The molecule has 4 heteroatoms. The highest BCUT2D eigenvalue weighted by atomic mass is 16.5. The Labute approximate surface area is 113 Å². The molecule has 0 aliphatic carbocycles. The van der Waals surface area contributed by atoms with Crippen LogP contribution < -0.4 is 14.8 Å². The van der Waals surface area contributed by atoms with Crippen molar-refractivity contribution < 1.29 is 9.47 Å². The average Bonchev–Trinajstić information content (AvgIpc) is 2.47. The lowest BCUT2D eigenvalue weighted by Crippen LogP contribution is -2.00. The number of benzene rings is 1. The van der Waals surface area contributed by atoms with Crippen molar-refractivity contribution in [2.24, 2.45) is 0 Å². The van der Waals surface area contributed by atoms with Crippen molar-refractivity contribution in [1.29, 1.82) is 0 Å². The number of methoxy groups -OCH3 is 1. The maximum Gasteiger partial charge on any atom is 0.212 e. The summed E-state index contributed by atoms with van der Waals surface area (Å²) in [5, 5.41) is 3.33. The molecule has 0 atom stereocenters. The lowest BCUT2D eigenvalue weighted by atomic mass is 10.2. The predicted octanol–water partition coefficient (Wildman–Crippen LogP) is 3.10. The Kier molecular flexibility index (Phi) is 4.61. The Morgan fingerprint density at radius 2 is 1.89 bits per heavy atom. The van der Waals surface area contributed by atoms with Gasteiger partial charge in [0.15, 0.2) is 0 Å². The van der Waals surface area contributed by atoms with E-state index in [0.29, 0.717) is 12.5 Å². The summed E-state index contributed by atoms with van der Waals surface area (Å²) in [4.78, 5) is 4.17. The minimum Gasteiger partial charge on any atom is -0.494 e. The maximum absolute atomic E-state index is 5.40. The van der Waals surface area contributed by atoms with Crippen molar-refractivity contribution in [2.45, 2.75) is 13.5 Å². The van der Waals surface area contributed by atoms with Crippen LogP contribution in [0, 0.1) is 0 Å². The van der Waals surface area contributed by atoms with Crippen LogP contribution in [0.15, 0.2) is 42.6 Å². The van der Waals surface area contributed by atoms with Gasteiger partial charge in [-0.15, -0.1) is 0 Å². The van der Waals surface area contributed by atoms with Crippen molar-refractivity contribution in [1.82, 2.24) is 4.98 Å². The molecule has 4 nitrogen and oxygen atoms in total. The molecule has 0 radical (unpaired) electrons. The van der Waals surface area contributed by atoms with E-state index in [1.165, 1.54) is 0 Å². The second kappa shape index (κ2) is 6.64. The Bertz CT molecular complexity index is 495. The molecule has 100 valence electrons. The van der Waals surface area contributed by atoms with Gasteiger partial charge in [-0.05, 0) is 36.8 Å². The van der Waals surface area contributed by atoms with E-state index in [4.69, 9.17) is 9.47 Å². The summed E-state index contributed by atoms with van der Waals surface area (Å²) in [6.07, 6.45) is 1.81. The Morgan fingerprint density at radius 1 is 1.11 bits per heavy atom. The third kappa shape index (κ3) is 3.88. The standard InChI is InChI=1S/C15H18N2O2/c1-3-19-14-7-5-13(6-8-14)16-10-12-4-9-15(18-2)17-11-12/h4-9,11,16H,3,10H2,1-2H3. The third-order valence-electron chi connectivity index (χ3n) is 2.67. The maximum atomic E-state index is 5.40. The van der Waals surface area contributed by atoms with E-state index < -0.39 is 0 Å². The Balaban J connectivity index is 1.90.